The lowest BCUT2D eigenvalue weighted by Gasteiger charge is -2.34. The summed E-state index contributed by atoms with van der Waals surface area (Å²) in [6.45, 7) is 0.293. The fourth-order valence-corrected chi connectivity index (χ4v) is 6.46. The van der Waals surface area contributed by atoms with E-state index in [1.54, 1.807) is 30.2 Å². The van der Waals surface area contributed by atoms with Gasteiger partial charge in [-0.15, -0.1) is 0 Å². The number of fused-ring (bicyclic) bond motifs is 5. The first-order valence-corrected chi connectivity index (χ1v) is 14.1. The normalized spacial score (nSPS) is 17.0. The Morgan fingerprint density at radius 3 is 2.34 bits per heavy atom. The highest BCUT2D eigenvalue weighted by molar-refractivity contribution is 6.17. The minimum absolute atomic E-state index is 0.0375. The lowest BCUT2D eigenvalue weighted by atomic mass is 9.83. The molecule has 1 unspecified atom stereocenters. The van der Waals surface area contributed by atoms with Crippen LogP contribution in [0.5, 0.6) is 11.5 Å². The number of hydrogen-bond acceptors (Lipinski definition) is 6. The Balaban J connectivity index is 1.43. The fraction of sp³-hybridized carbons (Fsp3) is 0.171. The van der Waals surface area contributed by atoms with Gasteiger partial charge in [0.25, 0.3) is 11.8 Å². The summed E-state index contributed by atoms with van der Waals surface area (Å²) in [5, 5.41) is -0.0375. The van der Waals surface area contributed by atoms with Crippen LogP contribution in [0.2, 0.25) is 0 Å². The highest BCUT2D eigenvalue weighted by Crippen LogP contribution is 2.53. The number of methoxy groups -OCH3 is 2. The number of nitrogens with zero attached hydrogens (tertiary/aromatic N) is 2. The Labute approximate surface area is 251 Å². The van der Waals surface area contributed by atoms with E-state index in [4.69, 9.17) is 13.9 Å². The second-order valence-electron chi connectivity index (χ2n) is 10.8. The van der Waals surface area contributed by atoms with E-state index >= 15 is 0 Å². The van der Waals surface area contributed by atoms with Crippen molar-refractivity contribution in [3.05, 3.63) is 135 Å². The highest BCUT2D eigenvalue weighted by Gasteiger charge is 2.64. The third kappa shape index (κ3) is 3.92. The summed E-state index contributed by atoms with van der Waals surface area (Å²) in [5.74, 6) is -0.804. The zero-order chi connectivity index (χ0) is 30.6. The summed E-state index contributed by atoms with van der Waals surface area (Å²) in [6, 6.07) is 25.7. The fourth-order valence-electron chi connectivity index (χ4n) is 6.46. The molecule has 0 saturated carbocycles. The van der Waals surface area contributed by atoms with Crippen LogP contribution in [0.3, 0.4) is 0 Å². The SMILES string of the molecule is COc1ccc(CCN2C(=O)c3oc4ccc(F)cc4c(=O)c3C23C(=O)N(Cc2ccccc2)c2ccccc23)cc1OC. The molecular formula is C35H27FN2O6. The maximum atomic E-state index is 14.9. The third-order valence-corrected chi connectivity index (χ3v) is 8.45. The maximum absolute atomic E-state index is 14.9. The highest BCUT2D eigenvalue weighted by atomic mass is 19.1. The van der Waals surface area contributed by atoms with Gasteiger partial charge in [-0.2, -0.15) is 0 Å². The van der Waals surface area contributed by atoms with Crippen LogP contribution in [0.15, 0.2) is 100 Å². The number of hydrogen-bond donors (Lipinski definition) is 0. The van der Waals surface area contributed by atoms with Gasteiger partial charge in [0, 0.05) is 12.1 Å². The number of para-hydroxylation sites is 1. The van der Waals surface area contributed by atoms with E-state index in [1.807, 2.05) is 54.6 Å². The molecule has 1 atom stereocenters. The molecule has 0 fully saturated rings. The quantitative estimate of drug-likeness (QED) is 0.251. The average Bonchev–Trinajstić information content (AvgIpc) is 3.44. The van der Waals surface area contributed by atoms with Crippen molar-refractivity contribution in [2.24, 2.45) is 0 Å². The van der Waals surface area contributed by atoms with Crippen molar-refractivity contribution in [2.45, 2.75) is 18.5 Å². The van der Waals surface area contributed by atoms with E-state index in [9.17, 15) is 18.8 Å². The Morgan fingerprint density at radius 2 is 1.57 bits per heavy atom. The Hall–Kier alpha value is -5.44. The number of carbonyl (C=O) groups is 2. The summed E-state index contributed by atoms with van der Waals surface area (Å²) < 4.78 is 31.3. The molecule has 1 spiro atoms. The number of anilines is 1. The maximum Gasteiger partial charge on any atom is 0.291 e. The van der Waals surface area contributed by atoms with Gasteiger partial charge in [-0.05, 0) is 53.9 Å². The van der Waals surface area contributed by atoms with Crippen LogP contribution in [0.25, 0.3) is 11.0 Å². The topological polar surface area (TPSA) is 89.3 Å². The molecule has 2 amide bonds. The third-order valence-electron chi connectivity index (χ3n) is 8.45. The van der Waals surface area contributed by atoms with Gasteiger partial charge in [-0.25, -0.2) is 4.39 Å². The molecule has 0 radical (unpaired) electrons. The van der Waals surface area contributed by atoms with Gasteiger partial charge >= 0.3 is 0 Å². The van der Waals surface area contributed by atoms with Gasteiger partial charge in [0.2, 0.25) is 5.76 Å². The van der Waals surface area contributed by atoms with E-state index in [1.165, 1.54) is 24.1 Å². The Morgan fingerprint density at radius 1 is 0.818 bits per heavy atom. The van der Waals surface area contributed by atoms with Crippen molar-refractivity contribution in [3.8, 4) is 11.5 Å². The second kappa shape index (κ2) is 10.4. The molecule has 220 valence electrons. The van der Waals surface area contributed by atoms with E-state index in [0.717, 1.165) is 17.2 Å². The minimum Gasteiger partial charge on any atom is -0.493 e. The molecule has 0 bridgehead atoms. The second-order valence-corrected chi connectivity index (χ2v) is 10.8. The summed E-state index contributed by atoms with van der Waals surface area (Å²) in [7, 11) is 3.09. The minimum atomic E-state index is -1.81. The van der Waals surface area contributed by atoms with Crippen LogP contribution in [0.4, 0.5) is 10.1 Å². The molecule has 0 aliphatic carbocycles. The number of ether oxygens (including phenoxy) is 2. The number of halogens is 1. The molecule has 44 heavy (non-hydrogen) atoms. The number of amides is 2. The first kappa shape index (κ1) is 27.4. The van der Waals surface area contributed by atoms with Crippen LogP contribution in [-0.2, 0) is 23.3 Å². The monoisotopic (exact) mass is 590 g/mol. The van der Waals surface area contributed by atoms with E-state index in [2.05, 4.69) is 0 Å². The van der Waals surface area contributed by atoms with Gasteiger partial charge in [0.15, 0.2) is 22.5 Å². The zero-order valence-electron chi connectivity index (χ0n) is 24.0. The van der Waals surface area contributed by atoms with Gasteiger partial charge in [-0.3, -0.25) is 14.4 Å². The molecule has 7 rings (SSSR count). The van der Waals surface area contributed by atoms with Crippen LogP contribution < -0.4 is 19.8 Å². The first-order chi connectivity index (χ1) is 21.4. The molecule has 9 heteroatoms. The van der Waals surface area contributed by atoms with Crippen molar-refractivity contribution in [3.63, 3.8) is 0 Å². The molecule has 5 aromatic rings. The number of benzene rings is 4. The molecule has 0 saturated heterocycles. The standard InChI is InChI=1S/C35H27FN2O6/c1-42-28-14-12-21(18-29(28)43-2)16-17-38-33(40)32-30(31(39)24-19-23(36)13-15-27(24)44-32)35(38)25-10-6-7-11-26(25)37(34(35)41)20-22-8-4-3-5-9-22/h3-15,18-19H,16-17,20H2,1-2H3. The van der Waals surface area contributed by atoms with Crippen molar-refractivity contribution >= 4 is 28.5 Å². The van der Waals surface area contributed by atoms with Crippen molar-refractivity contribution in [1.82, 2.24) is 4.90 Å². The van der Waals surface area contributed by atoms with Crippen molar-refractivity contribution in [2.75, 3.05) is 25.7 Å². The van der Waals surface area contributed by atoms with Crippen LogP contribution in [0.1, 0.15) is 32.8 Å². The van der Waals surface area contributed by atoms with Gasteiger partial charge in [-0.1, -0.05) is 54.6 Å². The van der Waals surface area contributed by atoms with Crippen LogP contribution >= 0.6 is 0 Å². The van der Waals surface area contributed by atoms with E-state index in [0.29, 0.717) is 29.2 Å². The first-order valence-electron chi connectivity index (χ1n) is 14.1. The average molecular weight is 591 g/mol. The van der Waals surface area contributed by atoms with Crippen LogP contribution in [0, 0.1) is 5.82 Å². The summed E-state index contributed by atoms with van der Waals surface area (Å²) >= 11 is 0. The van der Waals surface area contributed by atoms with Gasteiger partial charge in [0.1, 0.15) is 11.4 Å². The Bertz CT molecular complexity index is 2020. The van der Waals surface area contributed by atoms with Gasteiger partial charge in [0.05, 0.1) is 37.4 Å². The van der Waals surface area contributed by atoms with Crippen LogP contribution in [-0.4, -0.2) is 37.5 Å². The number of carbonyl (C=O) groups excluding carboxylic acids is 2. The summed E-state index contributed by atoms with van der Waals surface area (Å²) in [6.07, 6.45) is 0.332. The van der Waals surface area contributed by atoms with E-state index < -0.39 is 28.6 Å². The zero-order valence-corrected chi connectivity index (χ0v) is 24.0. The summed E-state index contributed by atoms with van der Waals surface area (Å²) in [4.78, 5) is 46.5. The van der Waals surface area contributed by atoms with Crippen molar-refractivity contribution in [1.29, 1.82) is 0 Å². The molecule has 4 aromatic carbocycles. The summed E-state index contributed by atoms with van der Waals surface area (Å²) in [5.41, 5.74) is 0.318. The molecule has 8 nitrogen and oxygen atoms in total. The predicted molar refractivity (Wildman–Crippen MR) is 162 cm³/mol. The molecule has 2 aliphatic heterocycles. The Kier molecular flexibility index (Phi) is 6.46. The smallest absolute Gasteiger partial charge is 0.291 e. The van der Waals surface area contributed by atoms with Crippen molar-refractivity contribution < 1.29 is 27.9 Å². The molecule has 3 heterocycles. The van der Waals surface area contributed by atoms with E-state index in [-0.39, 0.29) is 35.4 Å². The lowest BCUT2D eigenvalue weighted by Crippen LogP contribution is -2.53. The molecule has 1 aromatic heterocycles. The largest absolute Gasteiger partial charge is 0.493 e. The molecule has 0 N–H and O–H groups in total. The molecular weight excluding hydrogens is 563 g/mol. The predicted octanol–water partition coefficient (Wildman–Crippen LogP) is 5.44. The lowest BCUT2D eigenvalue weighted by molar-refractivity contribution is -0.126. The molecule has 2 aliphatic rings. The number of rotatable bonds is 7. The van der Waals surface area contributed by atoms with Gasteiger partial charge < -0.3 is 23.7 Å².